The number of aromatic nitrogens is 2. The molecule has 2 aliphatic rings. The van der Waals surface area contributed by atoms with Gasteiger partial charge in [-0.2, -0.15) is 0 Å². The quantitative estimate of drug-likeness (QED) is 0.552. The second kappa shape index (κ2) is 10.7. The van der Waals surface area contributed by atoms with Crippen LogP contribution in [0.3, 0.4) is 0 Å². The average molecular weight is 457 g/mol. The fourth-order valence-electron chi connectivity index (χ4n) is 4.77. The monoisotopic (exact) mass is 456 g/mol. The van der Waals surface area contributed by atoms with Gasteiger partial charge in [-0.1, -0.05) is 24.3 Å². The zero-order valence-electron chi connectivity index (χ0n) is 19.6. The fraction of sp³-hybridized carbons (Fsp3) is 0.370. The van der Waals surface area contributed by atoms with Crippen LogP contribution in [-0.2, 0) is 13.0 Å². The molecule has 2 aliphatic heterocycles. The first-order chi connectivity index (χ1) is 16.8. The Labute approximate surface area is 201 Å². The maximum atomic E-state index is 12.6. The molecule has 1 N–H and O–H groups in total. The molecule has 1 fully saturated rings. The summed E-state index contributed by atoms with van der Waals surface area (Å²) in [4.78, 5) is 28.3. The first-order valence-corrected chi connectivity index (χ1v) is 12.2. The molecule has 0 atom stereocenters. The van der Waals surface area contributed by atoms with Crippen LogP contribution in [0.25, 0.3) is 0 Å². The number of nitrogens with zero attached hydrogens (tertiary/aromatic N) is 5. The average Bonchev–Trinajstić information content (AvgIpc) is 2.91. The molecular formula is C27H32N6O. The lowest BCUT2D eigenvalue weighted by atomic mass is 9.99. The van der Waals surface area contributed by atoms with E-state index in [0.29, 0.717) is 6.54 Å². The molecule has 0 bridgehead atoms. The van der Waals surface area contributed by atoms with Crippen molar-refractivity contribution in [2.45, 2.75) is 19.4 Å². The minimum atomic E-state index is 0.00147. The lowest BCUT2D eigenvalue weighted by Gasteiger charge is -2.34. The van der Waals surface area contributed by atoms with Crippen molar-refractivity contribution in [2.24, 2.45) is 0 Å². The maximum Gasteiger partial charge on any atom is 0.251 e. The molecule has 3 aromatic rings. The molecule has 5 rings (SSSR count). The highest BCUT2D eigenvalue weighted by atomic mass is 16.1. The summed E-state index contributed by atoms with van der Waals surface area (Å²) in [5.74, 6) is 0.812. The van der Waals surface area contributed by atoms with Crippen LogP contribution in [0.15, 0.2) is 67.0 Å². The summed E-state index contributed by atoms with van der Waals surface area (Å²) in [5.41, 5.74) is 4.73. The van der Waals surface area contributed by atoms with Gasteiger partial charge in [0.2, 0.25) is 5.95 Å². The molecule has 3 heterocycles. The highest BCUT2D eigenvalue weighted by Crippen LogP contribution is 2.24. The second-order valence-electron chi connectivity index (χ2n) is 8.97. The van der Waals surface area contributed by atoms with E-state index in [1.54, 1.807) is 12.4 Å². The Morgan fingerprint density at radius 2 is 1.56 bits per heavy atom. The summed E-state index contributed by atoms with van der Waals surface area (Å²) >= 11 is 0. The highest BCUT2D eigenvalue weighted by molar-refractivity contribution is 5.94. The van der Waals surface area contributed by atoms with Crippen molar-refractivity contribution in [1.29, 1.82) is 0 Å². The van der Waals surface area contributed by atoms with Crippen LogP contribution in [0.4, 0.5) is 11.6 Å². The molecule has 0 unspecified atom stereocenters. The number of carbonyl (C=O) groups excluding carboxylic acids is 1. The van der Waals surface area contributed by atoms with Gasteiger partial charge >= 0.3 is 0 Å². The van der Waals surface area contributed by atoms with Crippen molar-refractivity contribution in [3.63, 3.8) is 0 Å². The highest BCUT2D eigenvalue weighted by Gasteiger charge is 2.19. The lowest BCUT2D eigenvalue weighted by molar-refractivity contribution is 0.0951. The Hall–Kier alpha value is -3.45. The Kier molecular flexibility index (Phi) is 7.00. The Bertz CT molecular complexity index is 1080. The third-order valence-corrected chi connectivity index (χ3v) is 6.77. The van der Waals surface area contributed by atoms with Crippen molar-refractivity contribution in [3.8, 4) is 0 Å². The van der Waals surface area contributed by atoms with Gasteiger partial charge in [0.25, 0.3) is 5.91 Å². The summed E-state index contributed by atoms with van der Waals surface area (Å²) < 4.78 is 0. The number of piperazine rings is 1. The molecular weight excluding hydrogens is 424 g/mol. The van der Waals surface area contributed by atoms with Crippen LogP contribution in [0.1, 0.15) is 27.9 Å². The number of carbonyl (C=O) groups is 1. The van der Waals surface area contributed by atoms with E-state index in [9.17, 15) is 4.79 Å². The molecule has 2 aromatic carbocycles. The van der Waals surface area contributed by atoms with Crippen LogP contribution in [0.2, 0.25) is 0 Å². The van der Waals surface area contributed by atoms with E-state index in [1.807, 2.05) is 18.2 Å². The zero-order valence-corrected chi connectivity index (χ0v) is 19.6. The number of nitrogens with one attached hydrogen (secondary N) is 1. The van der Waals surface area contributed by atoms with Gasteiger partial charge in [0.15, 0.2) is 0 Å². The van der Waals surface area contributed by atoms with E-state index in [1.165, 1.54) is 16.8 Å². The van der Waals surface area contributed by atoms with Crippen molar-refractivity contribution in [3.05, 3.63) is 83.7 Å². The number of hydrogen-bond donors (Lipinski definition) is 1. The number of rotatable bonds is 7. The zero-order chi connectivity index (χ0) is 23.2. The number of hydrogen-bond acceptors (Lipinski definition) is 6. The maximum absolute atomic E-state index is 12.6. The molecule has 0 radical (unpaired) electrons. The standard InChI is InChI=1S/C27H32N6O/c34-26(28-14-4-15-31-17-19-32(20-18-31)27-29-12-3-13-30-27)23-7-9-25(10-8-23)33-16-11-22-5-1-2-6-24(22)21-33/h1-3,5-10,12-13H,4,11,14-21H2,(H,28,34). The normalized spacial score (nSPS) is 16.2. The molecule has 176 valence electrons. The summed E-state index contributed by atoms with van der Waals surface area (Å²) in [5, 5.41) is 3.08. The van der Waals surface area contributed by atoms with Crippen LogP contribution < -0.4 is 15.1 Å². The second-order valence-corrected chi connectivity index (χ2v) is 8.97. The molecule has 0 saturated carbocycles. The molecule has 1 saturated heterocycles. The molecule has 7 nitrogen and oxygen atoms in total. The van der Waals surface area contributed by atoms with E-state index in [4.69, 9.17) is 0 Å². The minimum absolute atomic E-state index is 0.00147. The van der Waals surface area contributed by atoms with E-state index < -0.39 is 0 Å². The predicted octanol–water partition coefficient (Wildman–Crippen LogP) is 2.98. The molecule has 1 amide bonds. The van der Waals surface area contributed by atoms with Crippen molar-refractivity contribution < 1.29 is 4.79 Å². The largest absolute Gasteiger partial charge is 0.367 e. The van der Waals surface area contributed by atoms with Crippen LogP contribution in [-0.4, -0.2) is 66.6 Å². The van der Waals surface area contributed by atoms with Crippen LogP contribution in [0.5, 0.6) is 0 Å². The number of anilines is 2. The number of benzene rings is 2. The molecule has 0 aliphatic carbocycles. The van der Waals surface area contributed by atoms with Gasteiger partial charge in [0.1, 0.15) is 0 Å². The number of fused-ring (bicyclic) bond motifs is 1. The smallest absolute Gasteiger partial charge is 0.251 e. The van der Waals surface area contributed by atoms with Gasteiger partial charge in [0.05, 0.1) is 0 Å². The Morgan fingerprint density at radius 3 is 2.32 bits per heavy atom. The Morgan fingerprint density at radius 1 is 0.824 bits per heavy atom. The van der Waals surface area contributed by atoms with Gasteiger partial charge in [-0.3, -0.25) is 9.69 Å². The van der Waals surface area contributed by atoms with E-state index in [0.717, 1.165) is 70.2 Å². The van der Waals surface area contributed by atoms with Gasteiger partial charge in [0, 0.05) is 69.5 Å². The van der Waals surface area contributed by atoms with Crippen molar-refractivity contribution >= 4 is 17.5 Å². The van der Waals surface area contributed by atoms with Crippen LogP contribution >= 0.6 is 0 Å². The molecule has 1 aromatic heterocycles. The summed E-state index contributed by atoms with van der Waals surface area (Å²) in [6.45, 7) is 7.47. The first kappa shape index (κ1) is 22.3. The van der Waals surface area contributed by atoms with Gasteiger partial charge in [-0.05, 0) is 60.8 Å². The van der Waals surface area contributed by atoms with E-state index >= 15 is 0 Å². The molecule has 0 spiro atoms. The molecule has 7 heteroatoms. The van der Waals surface area contributed by atoms with Gasteiger partial charge < -0.3 is 15.1 Å². The summed E-state index contributed by atoms with van der Waals surface area (Å²) in [7, 11) is 0. The van der Waals surface area contributed by atoms with Crippen molar-refractivity contribution in [2.75, 3.05) is 55.6 Å². The van der Waals surface area contributed by atoms with E-state index in [2.05, 4.69) is 66.4 Å². The third-order valence-electron chi connectivity index (χ3n) is 6.77. The topological polar surface area (TPSA) is 64.6 Å². The van der Waals surface area contributed by atoms with Gasteiger partial charge in [-0.15, -0.1) is 0 Å². The SMILES string of the molecule is O=C(NCCCN1CCN(c2ncccn2)CC1)c1ccc(N2CCc3ccccc3C2)cc1. The fourth-order valence-corrected chi connectivity index (χ4v) is 4.77. The summed E-state index contributed by atoms with van der Waals surface area (Å²) in [6.07, 6.45) is 5.59. The van der Waals surface area contributed by atoms with Crippen LogP contribution in [0, 0.1) is 0 Å². The van der Waals surface area contributed by atoms with Crippen molar-refractivity contribution in [1.82, 2.24) is 20.2 Å². The Balaban J connectivity index is 1.03. The van der Waals surface area contributed by atoms with Gasteiger partial charge in [-0.25, -0.2) is 9.97 Å². The summed E-state index contributed by atoms with van der Waals surface area (Å²) in [6, 6.07) is 18.5. The number of amides is 1. The third kappa shape index (κ3) is 5.37. The van der Waals surface area contributed by atoms with E-state index in [-0.39, 0.29) is 5.91 Å². The molecule has 34 heavy (non-hydrogen) atoms. The lowest BCUT2D eigenvalue weighted by Crippen LogP contribution is -2.47. The first-order valence-electron chi connectivity index (χ1n) is 12.2. The predicted molar refractivity (Wildman–Crippen MR) is 135 cm³/mol. The minimum Gasteiger partial charge on any atom is -0.367 e.